The van der Waals surface area contributed by atoms with E-state index in [2.05, 4.69) is 15.4 Å². The van der Waals surface area contributed by atoms with Crippen molar-refractivity contribution in [1.82, 2.24) is 14.8 Å². The summed E-state index contributed by atoms with van der Waals surface area (Å²) < 4.78 is 1.37. The average molecular weight is 368 g/mol. The largest absolute Gasteiger partial charge is 0.350 e. The Morgan fingerprint density at radius 2 is 1.36 bits per heavy atom. The summed E-state index contributed by atoms with van der Waals surface area (Å²) >= 11 is 0. The molecule has 0 unspecified atom stereocenters. The van der Waals surface area contributed by atoms with Crippen molar-refractivity contribution in [3.05, 3.63) is 102 Å². The molecule has 0 amide bonds. The summed E-state index contributed by atoms with van der Waals surface area (Å²) in [5, 5.41) is 7.74. The highest BCUT2D eigenvalue weighted by Crippen LogP contribution is 2.18. The van der Waals surface area contributed by atoms with Gasteiger partial charge in [0, 0.05) is 12.1 Å². The zero-order valence-corrected chi connectivity index (χ0v) is 15.3. The normalized spacial score (nSPS) is 10.6. The van der Waals surface area contributed by atoms with Crippen LogP contribution in [0.3, 0.4) is 0 Å². The Labute approximate surface area is 163 Å². The van der Waals surface area contributed by atoms with Gasteiger partial charge in [0.2, 0.25) is 5.95 Å². The van der Waals surface area contributed by atoms with Gasteiger partial charge in [-0.2, -0.15) is 9.67 Å². The van der Waals surface area contributed by atoms with Crippen LogP contribution in [0, 0.1) is 0 Å². The molecule has 1 aromatic heterocycles. The van der Waals surface area contributed by atoms with Gasteiger partial charge in [-0.15, -0.1) is 5.10 Å². The van der Waals surface area contributed by atoms with Gasteiger partial charge in [-0.05, 0) is 11.1 Å². The molecule has 0 saturated carbocycles. The van der Waals surface area contributed by atoms with Gasteiger partial charge in [-0.1, -0.05) is 91.0 Å². The van der Waals surface area contributed by atoms with Gasteiger partial charge in [-0.25, -0.2) is 0 Å². The van der Waals surface area contributed by atoms with Gasteiger partial charge in [0.25, 0.3) is 5.91 Å². The first kappa shape index (κ1) is 17.7. The Balaban J connectivity index is 1.62. The first-order chi connectivity index (χ1) is 13.8. The fraction of sp³-hybridized carbons (Fsp3) is 0.0870. The predicted octanol–water partition coefficient (Wildman–Crippen LogP) is 4.44. The van der Waals surface area contributed by atoms with E-state index in [9.17, 15) is 4.79 Å². The van der Waals surface area contributed by atoms with Crippen molar-refractivity contribution in [2.45, 2.75) is 13.0 Å². The van der Waals surface area contributed by atoms with E-state index in [0.29, 0.717) is 18.3 Å². The summed E-state index contributed by atoms with van der Waals surface area (Å²) in [6, 6.07) is 29.3. The lowest BCUT2D eigenvalue weighted by Crippen LogP contribution is -2.18. The minimum absolute atomic E-state index is 0.128. The molecule has 0 aliphatic rings. The molecule has 0 spiro atoms. The number of rotatable bonds is 6. The molecular formula is C23H20N4O. The maximum Gasteiger partial charge on any atom is 0.254 e. The van der Waals surface area contributed by atoms with Crippen molar-refractivity contribution in [3.63, 3.8) is 0 Å². The average Bonchev–Trinajstić information content (AvgIpc) is 3.19. The molecule has 0 radical (unpaired) electrons. The Kier molecular flexibility index (Phi) is 5.24. The smallest absolute Gasteiger partial charge is 0.254 e. The van der Waals surface area contributed by atoms with Crippen LogP contribution in [0.15, 0.2) is 91.0 Å². The van der Waals surface area contributed by atoms with Gasteiger partial charge in [0.1, 0.15) is 0 Å². The van der Waals surface area contributed by atoms with Crippen LogP contribution in [-0.4, -0.2) is 20.7 Å². The van der Waals surface area contributed by atoms with Crippen LogP contribution in [0.25, 0.3) is 11.4 Å². The predicted molar refractivity (Wildman–Crippen MR) is 110 cm³/mol. The monoisotopic (exact) mass is 368 g/mol. The summed E-state index contributed by atoms with van der Waals surface area (Å²) in [6.45, 7) is 0.562. The Morgan fingerprint density at radius 3 is 2.00 bits per heavy atom. The molecule has 5 heteroatoms. The molecule has 138 valence electrons. The highest BCUT2D eigenvalue weighted by atomic mass is 16.2. The molecule has 0 aliphatic carbocycles. The molecule has 0 atom stereocenters. The zero-order valence-electron chi connectivity index (χ0n) is 15.3. The van der Waals surface area contributed by atoms with Crippen LogP contribution >= 0.6 is 0 Å². The van der Waals surface area contributed by atoms with Crippen molar-refractivity contribution in [3.8, 4) is 11.4 Å². The molecule has 1 heterocycles. The molecule has 0 bridgehead atoms. The Morgan fingerprint density at radius 1 is 0.786 bits per heavy atom. The molecule has 3 aromatic carbocycles. The van der Waals surface area contributed by atoms with E-state index in [-0.39, 0.29) is 12.3 Å². The molecule has 28 heavy (non-hydrogen) atoms. The van der Waals surface area contributed by atoms with Gasteiger partial charge < -0.3 is 5.32 Å². The number of aromatic nitrogens is 3. The zero-order chi connectivity index (χ0) is 19.2. The van der Waals surface area contributed by atoms with Gasteiger partial charge in [0.15, 0.2) is 5.82 Å². The SMILES string of the molecule is O=C(Cc1ccccc1)n1nc(-c2ccccc2)nc1NCc1ccccc1. The number of carbonyl (C=O) groups excluding carboxylic acids is 1. The van der Waals surface area contributed by atoms with Crippen molar-refractivity contribution >= 4 is 11.9 Å². The molecule has 4 rings (SSSR count). The molecule has 1 N–H and O–H groups in total. The fourth-order valence-electron chi connectivity index (χ4n) is 2.93. The van der Waals surface area contributed by atoms with E-state index in [1.807, 2.05) is 91.0 Å². The second kappa shape index (κ2) is 8.31. The molecule has 0 aliphatic heterocycles. The van der Waals surface area contributed by atoms with E-state index in [1.54, 1.807) is 0 Å². The first-order valence-corrected chi connectivity index (χ1v) is 9.17. The number of hydrogen-bond acceptors (Lipinski definition) is 4. The molecule has 0 saturated heterocycles. The lowest BCUT2D eigenvalue weighted by molar-refractivity contribution is 0.0901. The van der Waals surface area contributed by atoms with Crippen molar-refractivity contribution in [2.75, 3.05) is 5.32 Å². The van der Waals surface area contributed by atoms with E-state index in [0.717, 1.165) is 16.7 Å². The Bertz CT molecular complexity index is 1040. The van der Waals surface area contributed by atoms with Crippen LogP contribution in [0.5, 0.6) is 0 Å². The third-order valence-corrected chi connectivity index (χ3v) is 4.37. The van der Waals surface area contributed by atoms with Crippen LogP contribution < -0.4 is 5.32 Å². The first-order valence-electron chi connectivity index (χ1n) is 9.17. The highest BCUT2D eigenvalue weighted by Gasteiger charge is 2.17. The number of hydrogen-bond donors (Lipinski definition) is 1. The minimum Gasteiger partial charge on any atom is -0.350 e. The van der Waals surface area contributed by atoms with Gasteiger partial charge >= 0.3 is 0 Å². The highest BCUT2D eigenvalue weighted by molar-refractivity contribution is 5.83. The van der Waals surface area contributed by atoms with Gasteiger partial charge in [0.05, 0.1) is 6.42 Å². The maximum absolute atomic E-state index is 12.9. The molecule has 5 nitrogen and oxygen atoms in total. The molecular weight excluding hydrogens is 348 g/mol. The standard InChI is InChI=1S/C23H20N4O/c28-21(16-18-10-4-1-5-11-18)27-23(24-17-19-12-6-2-7-13-19)25-22(26-27)20-14-8-3-9-15-20/h1-15H,16-17H2,(H,24,25,26). The summed E-state index contributed by atoms with van der Waals surface area (Å²) in [5.41, 5.74) is 2.92. The van der Waals surface area contributed by atoms with E-state index < -0.39 is 0 Å². The number of anilines is 1. The lowest BCUT2D eigenvalue weighted by atomic mass is 10.1. The molecule has 0 fully saturated rings. The second-order valence-corrected chi connectivity index (χ2v) is 6.43. The summed E-state index contributed by atoms with van der Waals surface area (Å²) in [4.78, 5) is 17.5. The van der Waals surface area contributed by atoms with Crippen LogP contribution in [0.1, 0.15) is 15.9 Å². The van der Waals surface area contributed by atoms with Crippen LogP contribution in [0.2, 0.25) is 0 Å². The van der Waals surface area contributed by atoms with Crippen molar-refractivity contribution < 1.29 is 4.79 Å². The number of nitrogens with one attached hydrogen (secondary N) is 1. The number of benzene rings is 3. The summed E-state index contributed by atoms with van der Waals surface area (Å²) in [7, 11) is 0. The van der Waals surface area contributed by atoms with Gasteiger partial charge in [-0.3, -0.25) is 4.79 Å². The topological polar surface area (TPSA) is 59.8 Å². The third kappa shape index (κ3) is 4.15. The fourth-order valence-corrected chi connectivity index (χ4v) is 2.93. The lowest BCUT2D eigenvalue weighted by Gasteiger charge is -2.07. The van der Waals surface area contributed by atoms with Crippen LogP contribution in [-0.2, 0) is 13.0 Å². The summed E-state index contributed by atoms with van der Waals surface area (Å²) in [5.74, 6) is 0.845. The van der Waals surface area contributed by atoms with Crippen molar-refractivity contribution in [1.29, 1.82) is 0 Å². The quantitative estimate of drug-likeness (QED) is 0.547. The Hall–Kier alpha value is -3.73. The number of carbonyl (C=O) groups is 1. The minimum atomic E-state index is -0.128. The second-order valence-electron chi connectivity index (χ2n) is 6.43. The van der Waals surface area contributed by atoms with E-state index >= 15 is 0 Å². The van der Waals surface area contributed by atoms with Crippen molar-refractivity contribution in [2.24, 2.45) is 0 Å². The number of nitrogens with zero attached hydrogens (tertiary/aromatic N) is 3. The van der Waals surface area contributed by atoms with E-state index in [1.165, 1.54) is 4.68 Å². The third-order valence-electron chi connectivity index (χ3n) is 4.37. The molecule has 4 aromatic rings. The van der Waals surface area contributed by atoms with Crippen LogP contribution in [0.4, 0.5) is 5.95 Å². The summed E-state index contributed by atoms with van der Waals surface area (Å²) in [6.07, 6.45) is 0.262. The maximum atomic E-state index is 12.9. The van der Waals surface area contributed by atoms with E-state index in [4.69, 9.17) is 0 Å².